The first-order chi connectivity index (χ1) is 6.86. The van der Waals surface area contributed by atoms with E-state index in [1.165, 1.54) is 0 Å². The molecule has 0 amide bonds. The molecule has 3 aromatic rings. The van der Waals surface area contributed by atoms with Crippen molar-refractivity contribution in [3.05, 3.63) is 47.0 Å². The second kappa shape index (κ2) is 2.45. The lowest BCUT2D eigenvalue weighted by Crippen LogP contribution is -2.16. The van der Waals surface area contributed by atoms with Crippen LogP contribution < -0.4 is 5.69 Å². The molecule has 4 nitrogen and oxygen atoms in total. The lowest BCUT2D eigenvalue weighted by Gasteiger charge is -1.92. The van der Waals surface area contributed by atoms with Crippen LogP contribution in [0, 0.1) is 0 Å². The maximum Gasteiger partial charge on any atom is 0.346 e. The summed E-state index contributed by atoms with van der Waals surface area (Å²) in [5.74, 6) is 0. The van der Waals surface area contributed by atoms with Gasteiger partial charge in [-0.25, -0.2) is 9.89 Å². The quantitative estimate of drug-likeness (QED) is 0.571. The number of nitrogens with one attached hydrogen (secondary N) is 1. The molecule has 2 aromatic heterocycles. The topological polar surface area (TPSA) is 50.2 Å². The van der Waals surface area contributed by atoms with E-state index in [9.17, 15) is 4.79 Å². The Hall–Kier alpha value is -2.10. The average Bonchev–Trinajstić information content (AvgIpc) is 2.57. The Morgan fingerprint density at radius 1 is 1.29 bits per heavy atom. The summed E-state index contributed by atoms with van der Waals surface area (Å²) < 4.78 is 1.61. The second-order valence-electron chi connectivity index (χ2n) is 3.14. The van der Waals surface area contributed by atoms with E-state index in [0.717, 1.165) is 16.4 Å². The van der Waals surface area contributed by atoms with Crippen molar-refractivity contribution in [2.24, 2.45) is 0 Å². The van der Waals surface area contributed by atoms with Crippen LogP contribution in [0.1, 0.15) is 0 Å². The van der Waals surface area contributed by atoms with Gasteiger partial charge in [0, 0.05) is 5.39 Å². The molecule has 0 radical (unpaired) electrons. The fourth-order valence-electron chi connectivity index (χ4n) is 1.70. The number of benzene rings is 1. The highest BCUT2D eigenvalue weighted by Gasteiger charge is 2.03. The fourth-order valence-corrected chi connectivity index (χ4v) is 1.70. The van der Waals surface area contributed by atoms with Crippen molar-refractivity contribution >= 4 is 16.4 Å². The molecule has 1 N–H and O–H groups in total. The number of para-hydroxylation sites is 1. The number of hydrogen-bond donors (Lipinski definition) is 1. The van der Waals surface area contributed by atoms with Crippen LogP contribution in [-0.4, -0.2) is 14.6 Å². The summed E-state index contributed by atoms with van der Waals surface area (Å²) in [6.45, 7) is 0. The van der Waals surface area contributed by atoms with E-state index < -0.39 is 0 Å². The van der Waals surface area contributed by atoms with Gasteiger partial charge < -0.3 is 0 Å². The van der Waals surface area contributed by atoms with E-state index in [1.54, 1.807) is 10.6 Å². The minimum absolute atomic E-state index is 0.205. The van der Waals surface area contributed by atoms with Crippen molar-refractivity contribution in [3.63, 3.8) is 0 Å². The van der Waals surface area contributed by atoms with Gasteiger partial charge in [-0.3, -0.25) is 4.40 Å². The van der Waals surface area contributed by atoms with Gasteiger partial charge in [-0.15, -0.1) is 0 Å². The maximum absolute atomic E-state index is 11.5. The minimum Gasteiger partial charge on any atom is -0.259 e. The third kappa shape index (κ3) is 0.821. The predicted molar refractivity (Wildman–Crippen MR) is 53.3 cm³/mol. The van der Waals surface area contributed by atoms with Crippen LogP contribution in [0.25, 0.3) is 16.4 Å². The molecule has 0 unspecified atom stereocenters. The molecule has 3 rings (SSSR count). The van der Waals surface area contributed by atoms with E-state index in [4.69, 9.17) is 0 Å². The zero-order valence-electron chi connectivity index (χ0n) is 7.27. The molecule has 0 atom stereocenters. The second-order valence-corrected chi connectivity index (χ2v) is 3.14. The summed E-state index contributed by atoms with van der Waals surface area (Å²) in [6.07, 6.45) is 1.64. The maximum atomic E-state index is 11.5. The van der Waals surface area contributed by atoms with Crippen LogP contribution in [0.3, 0.4) is 0 Å². The SMILES string of the molecule is O=c1[nH]ncc2cc3ccccc3n12. The summed E-state index contributed by atoms with van der Waals surface area (Å²) in [6, 6.07) is 9.69. The van der Waals surface area contributed by atoms with Crippen molar-refractivity contribution in [2.75, 3.05) is 0 Å². The molecule has 0 saturated carbocycles. The summed E-state index contributed by atoms with van der Waals surface area (Å²) in [5.41, 5.74) is 1.52. The first-order valence-electron chi connectivity index (χ1n) is 4.30. The Bertz CT molecular complexity index is 665. The number of fused-ring (bicyclic) bond motifs is 3. The Labute approximate surface area is 78.8 Å². The Morgan fingerprint density at radius 2 is 2.14 bits per heavy atom. The van der Waals surface area contributed by atoms with E-state index in [1.807, 2.05) is 30.3 Å². The first kappa shape index (κ1) is 7.32. The van der Waals surface area contributed by atoms with E-state index >= 15 is 0 Å². The molecule has 2 heterocycles. The zero-order chi connectivity index (χ0) is 9.54. The van der Waals surface area contributed by atoms with Crippen LogP contribution >= 0.6 is 0 Å². The summed E-state index contributed by atoms with van der Waals surface area (Å²) >= 11 is 0. The highest BCUT2D eigenvalue weighted by molar-refractivity contribution is 5.86. The van der Waals surface area contributed by atoms with Crippen molar-refractivity contribution < 1.29 is 0 Å². The molecular formula is C10H7N3O. The minimum atomic E-state index is -0.205. The number of aromatic amines is 1. The Kier molecular flexibility index (Phi) is 1.28. The van der Waals surface area contributed by atoms with Gasteiger partial charge in [-0.2, -0.15) is 5.10 Å². The molecule has 0 saturated heterocycles. The van der Waals surface area contributed by atoms with Crippen molar-refractivity contribution in [3.8, 4) is 0 Å². The number of nitrogens with zero attached hydrogens (tertiary/aromatic N) is 2. The first-order valence-corrected chi connectivity index (χ1v) is 4.30. The van der Waals surface area contributed by atoms with Crippen LogP contribution in [0.2, 0.25) is 0 Å². The highest BCUT2D eigenvalue weighted by atomic mass is 16.1. The van der Waals surface area contributed by atoms with Crippen molar-refractivity contribution in [2.45, 2.75) is 0 Å². The summed E-state index contributed by atoms with van der Waals surface area (Å²) in [4.78, 5) is 11.5. The van der Waals surface area contributed by atoms with Crippen molar-refractivity contribution in [1.82, 2.24) is 14.6 Å². The highest BCUT2D eigenvalue weighted by Crippen LogP contribution is 2.16. The van der Waals surface area contributed by atoms with E-state index in [-0.39, 0.29) is 5.69 Å². The molecule has 68 valence electrons. The number of rotatable bonds is 0. The lowest BCUT2D eigenvalue weighted by atomic mass is 10.2. The van der Waals surface area contributed by atoms with Crippen LogP contribution in [0.15, 0.2) is 41.3 Å². The van der Waals surface area contributed by atoms with E-state index in [0.29, 0.717) is 0 Å². The van der Waals surface area contributed by atoms with Gasteiger partial charge in [-0.05, 0) is 12.1 Å². The third-order valence-corrected chi connectivity index (χ3v) is 2.30. The third-order valence-electron chi connectivity index (χ3n) is 2.30. The van der Waals surface area contributed by atoms with Gasteiger partial charge in [0.1, 0.15) is 0 Å². The van der Waals surface area contributed by atoms with Crippen LogP contribution in [0.5, 0.6) is 0 Å². The molecule has 0 aliphatic rings. The standard InChI is InChI=1S/C10H7N3O/c14-10-12-11-6-8-5-7-3-1-2-4-9(7)13(8)10/h1-6H,(H,12,14). The summed E-state index contributed by atoms with van der Waals surface area (Å²) in [5, 5.41) is 7.21. The zero-order valence-corrected chi connectivity index (χ0v) is 7.27. The Balaban J connectivity index is 2.73. The normalized spacial score (nSPS) is 11.1. The summed E-state index contributed by atoms with van der Waals surface area (Å²) in [7, 11) is 0. The molecule has 0 fully saturated rings. The molecule has 0 spiro atoms. The molecule has 0 aliphatic carbocycles. The van der Waals surface area contributed by atoms with Gasteiger partial charge in [0.15, 0.2) is 0 Å². The molecule has 1 aromatic carbocycles. The smallest absolute Gasteiger partial charge is 0.259 e. The van der Waals surface area contributed by atoms with E-state index in [2.05, 4.69) is 10.2 Å². The molecule has 0 bridgehead atoms. The van der Waals surface area contributed by atoms with Crippen LogP contribution in [0.4, 0.5) is 0 Å². The molecule has 14 heavy (non-hydrogen) atoms. The number of H-pyrrole nitrogens is 1. The average molecular weight is 185 g/mol. The van der Waals surface area contributed by atoms with Gasteiger partial charge in [-0.1, -0.05) is 18.2 Å². The largest absolute Gasteiger partial charge is 0.346 e. The molecule has 4 heteroatoms. The Morgan fingerprint density at radius 3 is 3.07 bits per heavy atom. The van der Waals surface area contributed by atoms with Gasteiger partial charge >= 0.3 is 5.69 Å². The van der Waals surface area contributed by atoms with Crippen molar-refractivity contribution in [1.29, 1.82) is 0 Å². The molecule has 0 aliphatic heterocycles. The van der Waals surface area contributed by atoms with Gasteiger partial charge in [0.25, 0.3) is 0 Å². The number of aromatic nitrogens is 3. The van der Waals surface area contributed by atoms with Gasteiger partial charge in [0.05, 0.1) is 17.2 Å². The van der Waals surface area contributed by atoms with Gasteiger partial charge in [0.2, 0.25) is 0 Å². The number of hydrogen-bond acceptors (Lipinski definition) is 2. The fraction of sp³-hybridized carbons (Fsp3) is 0. The monoisotopic (exact) mass is 185 g/mol. The molecular weight excluding hydrogens is 178 g/mol. The lowest BCUT2D eigenvalue weighted by molar-refractivity contribution is 0.903. The predicted octanol–water partition coefficient (Wildman–Crippen LogP) is 1.18. The van der Waals surface area contributed by atoms with Crippen LogP contribution in [-0.2, 0) is 0 Å².